The van der Waals surface area contributed by atoms with E-state index in [2.05, 4.69) is 9.38 Å². The van der Waals surface area contributed by atoms with Crippen LogP contribution in [0, 0.1) is 0 Å². The first kappa shape index (κ1) is 18.2. The van der Waals surface area contributed by atoms with Gasteiger partial charge in [-0.2, -0.15) is 0 Å². The predicted octanol–water partition coefficient (Wildman–Crippen LogP) is 3.45. The van der Waals surface area contributed by atoms with E-state index in [-0.39, 0.29) is 0 Å². The fourth-order valence-corrected chi connectivity index (χ4v) is 3.13. The molecule has 1 aromatic carbocycles. The van der Waals surface area contributed by atoms with Crippen molar-refractivity contribution in [2.24, 2.45) is 4.40 Å². The highest BCUT2D eigenvalue weighted by molar-refractivity contribution is 7.95. The fourth-order valence-electron chi connectivity index (χ4n) is 1.76. The molecule has 0 amide bonds. The van der Waals surface area contributed by atoms with E-state index in [1.54, 1.807) is 49.0 Å². The van der Waals surface area contributed by atoms with Crippen molar-refractivity contribution in [3.05, 3.63) is 60.4 Å². The molecule has 0 aliphatic heterocycles. The Morgan fingerprint density at radius 1 is 1.22 bits per heavy atom. The zero-order chi connectivity index (χ0) is 16.9. The average Bonchev–Trinajstić information content (AvgIpc) is 2.53. The molecule has 1 unspecified atom stereocenters. The van der Waals surface area contributed by atoms with Crippen LogP contribution < -0.4 is 5.11 Å². The van der Waals surface area contributed by atoms with Crippen LogP contribution in [0.5, 0.6) is 0 Å². The Morgan fingerprint density at radius 3 is 2.48 bits per heavy atom. The number of nitrogens with zero attached hydrogens (tertiary/aromatic N) is 2. The second-order valence-electron chi connectivity index (χ2n) is 4.47. The molecule has 1 aromatic heterocycles. The standard InChI is InChI=1S/C15H13Cl3N2O2S/c1-23(12-8-5-9-19-10-12)20-14(21)22-13(15(16,17)18)11-6-3-2-4-7-11/h2-10,13H,1H3/t13-,23?/m0/s1. The minimum Gasteiger partial charge on any atom is -0.585 e. The maximum absolute atomic E-state index is 12.1. The first-order chi connectivity index (χ1) is 10.9. The van der Waals surface area contributed by atoms with E-state index < -0.39 is 27.1 Å². The molecule has 0 saturated heterocycles. The molecule has 0 aliphatic rings. The van der Waals surface area contributed by atoms with Crippen LogP contribution in [-0.2, 0) is 15.8 Å². The molecule has 2 aromatic rings. The molecule has 2 atom stereocenters. The Balaban J connectivity index is 2.18. The second-order valence-corrected chi connectivity index (χ2v) is 8.45. The van der Waals surface area contributed by atoms with Gasteiger partial charge >= 0.3 is 0 Å². The lowest BCUT2D eigenvalue weighted by atomic mass is 10.1. The van der Waals surface area contributed by atoms with Gasteiger partial charge in [-0.3, -0.25) is 4.98 Å². The van der Waals surface area contributed by atoms with Crippen LogP contribution in [0.4, 0.5) is 0 Å². The summed E-state index contributed by atoms with van der Waals surface area (Å²) in [6.45, 7) is 0. The predicted molar refractivity (Wildman–Crippen MR) is 93.8 cm³/mol. The minimum absolute atomic E-state index is 0.577. The number of aromatic nitrogens is 1. The third-order valence-corrected chi connectivity index (χ3v) is 4.75. The van der Waals surface area contributed by atoms with Crippen molar-refractivity contribution in [3.8, 4) is 0 Å². The third kappa shape index (κ3) is 5.46. The smallest absolute Gasteiger partial charge is 0.206 e. The minimum atomic E-state index is -1.80. The van der Waals surface area contributed by atoms with E-state index in [4.69, 9.17) is 39.5 Å². The number of rotatable bonds is 4. The van der Waals surface area contributed by atoms with Crippen LogP contribution in [-0.4, -0.2) is 21.1 Å². The fraction of sp³-hybridized carbons (Fsp3) is 0.200. The average molecular weight is 392 g/mol. The van der Waals surface area contributed by atoms with Gasteiger partial charge in [-0.25, -0.2) is 0 Å². The van der Waals surface area contributed by atoms with Crippen LogP contribution in [0.1, 0.15) is 11.7 Å². The Morgan fingerprint density at radius 2 is 1.91 bits per heavy atom. The second kappa shape index (κ2) is 8.11. The highest BCUT2D eigenvalue weighted by atomic mass is 35.6. The molecule has 1 heterocycles. The normalized spacial score (nSPS) is 15.0. The molecule has 0 saturated carbocycles. The first-order valence-electron chi connectivity index (χ1n) is 6.48. The van der Waals surface area contributed by atoms with Crippen LogP contribution >= 0.6 is 34.8 Å². The number of hydrogen-bond donors (Lipinski definition) is 0. The van der Waals surface area contributed by atoms with Gasteiger partial charge in [0.15, 0.2) is 11.1 Å². The van der Waals surface area contributed by atoms with Gasteiger partial charge in [0.05, 0.1) is 12.3 Å². The number of pyridine rings is 1. The highest BCUT2D eigenvalue weighted by Gasteiger charge is 2.32. The van der Waals surface area contributed by atoms with Gasteiger partial charge in [-0.05, 0) is 22.1 Å². The molecular formula is C15H13Cl3N2O2S. The molecular weight excluding hydrogens is 379 g/mol. The number of ether oxygens (including phenoxy) is 1. The molecule has 0 radical (unpaired) electrons. The van der Waals surface area contributed by atoms with E-state index in [0.717, 1.165) is 4.90 Å². The third-order valence-electron chi connectivity index (χ3n) is 2.81. The van der Waals surface area contributed by atoms with Crippen LogP contribution in [0.3, 0.4) is 0 Å². The SMILES string of the molecule is C[S+](/N=C(\[O-])O[C@@H](c1ccccc1)C(Cl)(Cl)Cl)c1cccnc1. The molecule has 23 heavy (non-hydrogen) atoms. The lowest BCUT2D eigenvalue weighted by Crippen LogP contribution is -2.30. The summed E-state index contributed by atoms with van der Waals surface area (Å²) in [5.41, 5.74) is 0.577. The van der Waals surface area contributed by atoms with Gasteiger partial charge in [-0.1, -0.05) is 65.1 Å². The largest absolute Gasteiger partial charge is 0.585 e. The molecule has 0 fully saturated rings. The maximum Gasteiger partial charge on any atom is 0.206 e. The zero-order valence-corrected chi connectivity index (χ0v) is 15.1. The van der Waals surface area contributed by atoms with Crippen molar-refractivity contribution >= 4 is 52.0 Å². The Kier molecular flexibility index (Phi) is 6.41. The summed E-state index contributed by atoms with van der Waals surface area (Å²) < 4.78 is 7.46. The van der Waals surface area contributed by atoms with Crippen molar-refractivity contribution in [2.45, 2.75) is 14.8 Å². The molecule has 0 N–H and O–H groups in total. The van der Waals surface area contributed by atoms with Gasteiger partial charge in [0.1, 0.15) is 6.26 Å². The molecule has 8 heteroatoms. The molecule has 2 rings (SSSR count). The van der Waals surface area contributed by atoms with Crippen LogP contribution in [0.25, 0.3) is 0 Å². The van der Waals surface area contributed by atoms with Gasteiger partial charge in [-0.15, -0.1) is 0 Å². The summed E-state index contributed by atoms with van der Waals surface area (Å²) >= 11 is 17.1. The Labute approximate surface area is 152 Å². The highest BCUT2D eigenvalue weighted by Crippen LogP contribution is 2.42. The molecule has 0 bridgehead atoms. The topological polar surface area (TPSA) is 57.5 Å². The van der Waals surface area contributed by atoms with E-state index in [9.17, 15) is 5.11 Å². The summed E-state index contributed by atoms with van der Waals surface area (Å²) in [6.07, 6.45) is 3.23. The summed E-state index contributed by atoms with van der Waals surface area (Å²) in [4.78, 5) is 4.81. The van der Waals surface area contributed by atoms with Gasteiger partial charge in [0.2, 0.25) is 14.8 Å². The van der Waals surface area contributed by atoms with Crippen molar-refractivity contribution in [1.82, 2.24) is 4.98 Å². The van der Waals surface area contributed by atoms with E-state index in [0.29, 0.717) is 5.56 Å². The molecule has 4 nitrogen and oxygen atoms in total. The lowest BCUT2D eigenvalue weighted by molar-refractivity contribution is -0.255. The van der Waals surface area contributed by atoms with E-state index in [1.165, 1.54) is 0 Å². The number of benzene rings is 1. The van der Waals surface area contributed by atoms with Crippen molar-refractivity contribution in [1.29, 1.82) is 0 Å². The zero-order valence-electron chi connectivity index (χ0n) is 12.0. The van der Waals surface area contributed by atoms with Gasteiger partial charge in [0, 0.05) is 6.20 Å². The van der Waals surface area contributed by atoms with Gasteiger partial charge in [0.25, 0.3) is 0 Å². The number of hydrogen-bond acceptors (Lipinski definition) is 4. The van der Waals surface area contributed by atoms with Crippen molar-refractivity contribution in [3.63, 3.8) is 0 Å². The Bertz CT molecular complexity index is 651. The molecule has 122 valence electrons. The summed E-state index contributed by atoms with van der Waals surface area (Å²) in [5.74, 6) is 0. The monoisotopic (exact) mass is 390 g/mol. The van der Waals surface area contributed by atoms with Gasteiger partial charge < -0.3 is 9.84 Å². The quantitative estimate of drug-likeness (QED) is 0.347. The van der Waals surface area contributed by atoms with Crippen molar-refractivity contribution < 1.29 is 9.84 Å². The summed E-state index contributed by atoms with van der Waals surface area (Å²) in [5, 5.41) is 12.1. The number of alkyl halides is 3. The number of halogens is 3. The van der Waals surface area contributed by atoms with E-state index in [1.807, 2.05) is 12.1 Å². The summed E-state index contributed by atoms with van der Waals surface area (Å²) in [7, 11) is 0. The first-order valence-corrected chi connectivity index (χ1v) is 9.20. The maximum atomic E-state index is 12.1. The molecule has 0 aliphatic carbocycles. The Hall–Kier alpha value is -1.14. The van der Waals surface area contributed by atoms with Crippen molar-refractivity contribution in [2.75, 3.05) is 6.26 Å². The van der Waals surface area contributed by atoms with Crippen LogP contribution in [0.2, 0.25) is 0 Å². The lowest BCUT2D eigenvalue weighted by Gasteiger charge is -2.31. The summed E-state index contributed by atoms with van der Waals surface area (Å²) in [6, 6.07) is 12.4. The van der Waals surface area contributed by atoms with E-state index >= 15 is 0 Å². The molecule has 0 spiro atoms. The van der Waals surface area contributed by atoms with Crippen LogP contribution in [0.15, 0.2) is 64.2 Å².